The van der Waals surface area contributed by atoms with Crippen molar-refractivity contribution in [2.45, 2.75) is 6.42 Å². The van der Waals surface area contributed by atoms with E-state index < -0.39 is 11.8 Å². The van der Waals surface area contributed by atoms with E-state index in [1.54, 1.807) is 11.0 Å². The number of urea groups is 1. The fraction of sp³-hybridized carbons (Fsp3) is 0.150. The van der Waals surface area contributed by atoms with E-state index in [1.165, 1.54) is 12.3 Å². The largest absolute Gasteiger partial charge is 0.382 e. The maximum Gasteiger partial charge on any atom is 0.327 e. The van der Waals surface area contributed by atoms with Crippen molar-refractivity contribution in [1.82, 2.24) is 9.97 Å². The number of hydrogen-bond acceptors (Lipinski definition) is 4. The molecule has 2 amide bonds. The average Bonchev–Trinajstić information content (AvgIpc) is 2.90. The third-order valence-corrected chi connectivity index (χ3v) is 4.56. The van der Waals surface area contributed by atoms with Crippen molar-refractivity contribution in [3.8, 4) is 11.3 Å². The molecule has 28 heavy (non-hydrogen) atoms. The number of amides is 2. The Morgan fingerprint density at radius 3 is 2.93 bits per heavy atom. The van der Waals surface area contributed by atoms with Gasteiger partial charge in [0.1, 0.15) is 5.82 Å². The molecular weight excluding hydrogens is 381 g/mol. The van der Waals surface area contributed by atoms with Crippen LogP contribution in [0.3, 0.4) is 0 Å². The second-order valence-corrected chi connectivity index (χ2v) is 6.77. The summed E-state index contributed by atoms with van der Waals surface area (Å²) in [6.45, 7) is 1.19. The fourth-order valence-electron chi connectivity index (χ4n) is 3.04. The van der Waals surface area contributed by atoms with Crippen LogP contribution in [0, 0.1) is 5.82 Å². The first-order valence-electron chi connectivity index (χ1n) is 8.80. The Hall–Kier alpha value is -3.19. The summed E-state index contributed by atoms with van der Waals surface area (Å²) in [5, 5.41) is 6.59. The summed E-state index contributed by atoms with van der Waals surface area (Å²) < 4.78 is 13.4. The molecule has 0 atom stereocenters. The van der Waals surface area contributed by atoms with E-state index in [-0.39, 0.29) is 5.69 Å². The van der Waals surface area contributed by atoms with E-state index in [4.69, 9.17) is 16.6 Å². The standard InChI is InChI=1S/C20H17ClFN5O/c21-14-4-1-3-13(9-14)17-5-6-18-19(26-17)27(8-2-7-24-18)20(28)25-16-10-15(22)11-23-12-16/h1,3-6,9-12,24H,2,7-8H2,(H,25,28). The minimum Gasteiger partial charge on any atom is -0.382 e. The first kappa shape index (κ1) is 18.2. The Morgan fingerprint density at radius 2 is 2.11 bits per heavy atom. The van der Waals surface area contributed by atoms with Gasteiger partial charge in [0, 0.05) is 29.7 Å². The molecule has 2 aromatic heterocycles. The maximum atomic E-state index is 13.4. The number of anilines is 3. The van der Waals surface area contributed by atoms with Crippen molar-refractivity contribution in [2.24, 2.45) is 0 Å². The van der Waals surface area contributed by atoms with Gasteiger partial charge < -0.3 is 10.6 Å². The Balaban J connectivity index is 1.68. The molecule has 0 saturated heterocycles. The molecule has 1 aliphatic rings. The zero-order valence-electron chi connectivity index (χ0n) is 14.8. The summed E-state index contributed by atoms with van der Waals surface area (Å²) in [6.07, 6.45) is 3.23. The minimum atomic E-state index is -0.517. The minimum absolute atomic E-state index is 0.287. The summed E-state index contributed by atoms with van der Waals surface area (Å²) in [6, 6.07) is 12.0. The number of carbonyl (C=O) groups is 1. The number of fused-ring (bicyclic) bond motifs is 1. The van der Waals surface area contributed by atoms with Gasteiger partial charge >= 0.3 is 6.03 Å². The zero-order valence-corrected chi connectivity index (χ0v) is 15.6. The summed E-state index contributed by atoms with van der Waals surface area (Å²) in [7, 11) is 0. The highest BCUT2D eigenvalue weighted by molar-refractivity contribution is 6.30. The lowest BCUT2D eigenvalue weighted by atomic mass is 10.1. The van der Waals surface area contributed by atoms with Crippen molar-refractivity contribution in [3.63, 3.8) is 0 Å². The molecule has 3 aromatic rings. The SMILES string of the molecule is O=C(Nc1cncc(F)c1)N1CCCNc2ccc(-c3cccc(Cl)c3)nc21. The van der Waals surface area contributed by atoms with E-state index in [9.17, 15) is 9.18 Å². The summed E-state index contributed by atoms with van der Waals surface area (Å²) in [5.74, 6) is -0.00561. The van der Waals surface area contributed by atoms with Gasteiger partial charge in [0.05, 0.1) is 29.5 Å². The number of hydrogen-bond donors (Lipinski definition) is 2. The number of pyridine rings is 2. The van der Waals surface area contributed by atoms with Gasteiger partial charge in [-0.25, -0.2) is 14.2 Å². The molecule has 0 fully saturated rings. The van der Waals surface area contributed by atoms with Crippen molar-refractivity contribution in [3.05, 3.63) is 65.7 Å². The van der Waals surface area contributed by atoms with E-state index in [2.05, 4.69) is 15.6 Å². The third kappa shape index (κ3) is 3.89. The molecule has 0 bridgehead atoms. The molecule has 3 heterocycles. The Labute approximate surface area is 166 Å². The van der Waals surface area contributed by atoms with Crippen LogP contribution in [-0.4, -0.2) is 29.1 Å². The van der Waals surface area contributed by atoms with Gasteiger partial charge in [-0.1, -0.05) is 23.7 Å². The molecule has 1 aromatic carbocycles. The first-order valence-corrected chi connectivity index (χ1v) is 9.18. The molecule has 8 heteroatoms. The van der Waals surface area contributed by atoms with Crippen LogP contribution in [0.4, 0.5) is 26.4 Å². The van der Waals surface area contributed by atoms with Gasteiger partial charge in [-0.2, -0.15) is 0 Å². The van der Waals surface area contributed by atoms with Crippen molar-refractivity contribution < 1.29 is 9.18 Å². The lowest BCUT2D eigenvalue weighted by Gasteiger charge is -2.22. The second-order valence-electron chi connectivity index (χ2n) is 6.33. The summed E-state index contributed by atoms with van der Waals surface area (Å²) in [5.41, 5.74) is 2.61. The third-order valence-electron chi connectivity index (χ3n) is 4.33. The average molecular weight is 398 g/mol. The van der Waals surface area contributed by atoms with E-state index in [0.717, 1.165) is 30.4 Å². The fourth-order valence-corrected chi connectivity index (χ4v) is 3.23. The molecule has 4 rings (SSSR count). The number of aromatic nitrogens is 2. The lowest BCUT2D eigenvalue weighted by Crippen LogP contribution is -2.36. The number of rotatable bonds is 2. The van der Waals surface area contributed by atoms with Crippen molar-refractivity contribution >= 4 is 34.8 Å². The van der Waals surface area contributed by atoms with Crippen LogP contribution in [0.2, 0.25) is 5.02 Å². The predicted molar refractivity (Wildman–Crippen MR) is 108 cm³/mol. The van der Waals surface area contributed by atoms with Gasteiger partial charge in [0.2, 0.25) is 0 Å². The highest BCUT2D eigenvalue weighted by Gasteiger charge is 2.23. The summed E-state index contributed by atoms with van der Waals surface area (Å²) >= 11 is 6.10. The van der Waals surface area contributed by atoms with Crippen LogP contribution in [-0.2, 0) is 0 Å². The van der Waals surface area contributed by atoms with Crippen LogP contribution in [0.1, 0.15) is 6.42 Å². The van der Waals surface area contributed by atoms with Gasteiger partial charge in [0.25, 0.3) is 0 Å². The summed E-state index contributed by atoms with van der Waals surface area (Å²) in [4.78, 5) is 22.9. The number of halogens is 2. The molecular formula is C20H17ClFN5O. The van der Waals surface area contributed by atoms with Crippen molar-refractivity contribution in [1.29, 1.82) is 0 Å². The Kier molecular flexibility index (Phi) is 5.08. The van der Waals surface area contributed by atoms with E-state index in [1.807, 2.05) is 30.3 Å². The quantitative estimate of drug-likeness (QED) is 0.652. The molecule has 1 aliphatic heterocycles. The monoisotopic (exact) mass is 397 g/mol. The highest BCUT2D eigenvalue weighted by Crippen LogP contribution is 2.31. The van der Waals surface area contributed by atoms with Crippen LogP contribution >= 0.6 is 11.6 Å². The lowest BCUT2D eigenvalue weighted by molar-refractivity contribution is 0.257. The molecule has 6 nitrogen and oxygen atoms in total. The second kappa shape index (κ2) is 7.82. The zero-order chi connectivity index (χ0) is 19.5. The van der Waals surface area contributed by atoms with Crippen LogP contribution < -0.4 is 15.5 Å². The molecule has 0 radical (unpaired) electrons. The van der Waals surface area contributed by atoms with Gasteiger partial charge in [-0.15, -0.1) is 0 Å². The normalized spacial score (nSPS) is 13.3. The topological polar surface area (TPSA) is 70.2 Å². The number of carbonyl (C=O) groups excluding carboxylic acids is 1. The Bertz CT molecular complexity index is 1030. The molecule has 0 spiro atoms. The van der Waals surface area contributed by atoms with Crippen LogP contribution in [0.5, 0.6) is 0 Å². The number of nitrogens with one attached hydrogen (secondary N) is 2. The van der Waals surface area contributed by atoms with Crippen molar-refractivity contribution in [2.75, 3.05) is 28.6 Å². The maximum absolute atomic E-state index is 13.4. The molecule has 0 aliphatic carbocycles. The number of nitrogens with zero attached hydrogens (tertiary/aromatic N) is 3. The van der Waals surface area contributed by atoms with Crippen LogP contribution in [0.15, 0.2) is 54.9 Å². The van der Waals surface area contributed by atoms with E-state index >= 15 is 0 Å². The number of benzene rings is 1. The molecule has 0 unspecified atom stereocenters. The van der Waals surface area contributed by atoms with Gasteiger partial charge in [-0.3, -0.25) is 9.88 Å². The van der Waals surface area contributed by atoms with E-state index in [0.29, 0.717) is 23.1 Å². The first-order chi connectivity index (χ1) is 13.6. The predicted octanol–water partition coefficient (Wildman–Crippen LogP) is 4.79. The highest BCUT2D eigenvalue weighted by atomic mass is 35.5. The van der Waals surface area contributed by atoms with Crippen LogP contribution in [0.25, 0.3) is 11.3 Å². The van der Waals surface area contributed by atoms with Gasteiger partial charge in [0.15, 0.2) is 5.82 Å². The Morgan fingerprint density at radius 1 is 1.21 bits per heavy atom. The molecule has 2 N–H and O–H groups in total. The smallest absolute Gasteiger partial charge is 0.327 e. The molecule has 142 valence electrons. The van der Waals surface area contributed by atoms with Gasteiger partial charge in [-0.05, 0) is 30.7 Å². The molecule has 0 saturated carbocycles.